The molecule has 22 heavy (non-hydrogen) atoms. The summed E-state index contributed by atoms with van der Waals surface area (Å²) in [6.45, 7) is 3.30. The number of carbonyl (C=O) groups excluding carboxylic acids is 1. The largest absolute Gasteiger partial charge is 0.428 e. The van der Waals surface area contributed by atoms with E-state index in [4.69, 9.17) is 9.47 Å². The molecule has 2 saturated heterocycles. The van der Waals surface area contributed by atoms with Gasteiger partial charge in [0.1, 0.15) is 0 Å². The lowest BCUT2D eigenvalue weighted by Crippen LogP contribution is -2.46. The fourth-order valence-corrected chi connectivity index (χ4v) is 2.96. The fourth-order valence-electron chi connectivity index (χ4n) is 2.96. The van der Waals surface area contributed by atoms with Crippen LogP contribution in [0.5, 0.6) is 5.88 Å². The molecule has 3 rings (SSSR count). The maximum Gasteiger partial charge on any atom is 0.428 e. The van der Waals surface area contributed by atoms with Crippen molar-refractivity contribution in [1.29, 1.82) is 0 Å². The number of pyridine rings is 1. The summed E-state index contributed by atoms with van der Waals surface area (Å²) < 4.78 is 10.7. The number of aromatic nitrogens is 1. The number of rotatable bonds is 3. The molecule has 0 unspecified atom stereocenters. The van der Waals surface area contributed by atoms with Gasteiger partial charge in [-0.3, -0.25) is 5.43 Å². The third kappa shape index (κ3) is 4.18. The minimum absolute atomic E-state index is 0.360. The summed E-state index contributed by atoms with van der Waals surface area (Å²) in [4.78, 5) is 16.4. The molecule has 0 aromatic carbocycles. The summed E-state index contributed by atoms with van der Waals surface area (Å²) in [6, 6.07) is 5.60. The number of amides is 1. The number of carbonyl (C=O) groups is 1. The highest BCUT2D eigenvalue weighted by molar-refractivity contribution is 5.69. The molecule has 0 saturated carbocycles. The molecule has 1 amide bonds. The van der Waals surface area contributed by atoms with Crippen molar-refractivity contribution >= 4 is 6.09 Å². The third-order valence-corrected chi connectivity index (χ3v) is 4.19. The first kappa shape index (κ1) is 15.2. The molecule has 6 nitrogen and oxygen atoms in total. The number of hydrazine groups is 1. The SMILES string of the molecule is O=C(NN1CCCCC1)Oc1cccc(C2CCOCC2)n1. The molecule has 1 aromatic rings. The van der Waals surface area contributed by atoms with Crippen LogP contribution in [0.1, 0.15) is 43.7 Å². The molecule has 2 fully saturated rings. The zero-order chi connectivity index (χ0) is 15.2. The van der Waals surface area contributed by atoms with Crippen molar-refractivity contribution in [2.75, 3.05) is 26.3 Å². The van der Waals surface area contributed by atoms with E-state index < -0.39 is 6.09 Å². The van der Waals surface area contributed by atoms with Crippen LogP contribution in [-0.4, -0.2) is 42.4 Å². The standard InChI is InChI=1S/C16H23N3O3/c20-16(18-19-9-2-1-3-10-19)22-15-6-4-5-14(17-15)13-7-11-21-12-8-13/h4-6,13H,1-3,7-12H2,(H,18,20). The molecule has 120 valence electrons. The summed E-state index contributed by atoms with van der Waals surface area (Å²) in [5.74, 6) is 0.751. The molecule has 0 atom stereocenters. The Hall–Kier alpha value is -1.66. The van der Waals surface area contributed by atoms with Crippen LogP contribution in [0.3, 0.4) is 0 Å². The van der Waals surface area contributed by atoms with Crippen LogP contribution in [0.25, 0.3) is 0 Å². The Morgan fingerprint density at radius 2 is 2.00 bits per heavy atom. The van der Waals surface area contributed by atoms with E-state index in [9.17, 15) is 4.79 Å². The van der Waals surface area contributed by atoms with E-state index in [0.29, 0.717) is 11.8 Å². The highest BCUT2D eigenvalue weighted by Gasteiger charge is 2.19. The van der Waals surface area contributed by atoms with E-state index >= 15 is 0 Å². The van der Waals surface area contributed by atoms with Crippen LogP contribution in [0.4, 0.5) is 4.79 Å². The molecule has 2 aliphatic heterocycles. The maximum absolute atomic E-state index is 11.9. The molecule has 6 heteroatoms. The first-order valence-corrected chi connectivity index (χ1v) is 8.09. The number of hydrogen-bond donors (Lipinski definition) is 1. The summed E-state index contributed by atoms with van der Waals surface area (Å²) in [5.41, 5.74) is 3.76. The van der Waals surface area contributed by atoms with Crippen molar-refractivity contribution < 1.29 is 14.3 Å². The molecule has 2 aliphatic rings. The molecular weight excluding hydrogens is 282 g/mol. The van der Waals surface area contributed by atoms with Crippen molar-refractivity contribution in [2.45, 2.75) is 38.0 Å². The van der Waals surface area contributed by atoms with Crippen molar-refractivity contribution in [3.8, 4) is 5.88 Å². The maximum atomic E-state index is 11.9. The summed E-state index contributed by atoms with van der Waals surface area (Å²) in [7, 11) is 0. The number of piperidine rings is 1. The van der Waals surface area contributed by atoms with Gasteiger partial charge in [-0.1, -0.05) is 12.5 Å². The first-order chi connectivity index (χ1) is 10.8. The second-order valence-corrected chi connectivity index (χ2v) is 5.84. The zero-order valence-electron chi connectivity index (χ0n) is 12.8. The van der Waals surface area contributed by atoms with Gasteiger partial charge in [0.15, 0.2) is 0 Å². The van der Waals surface area contributed by atoms with E-state index in [1.54, 1.807) is 6.07 Å². The van der Waals surface area contributed by atoms with E-state index in [1.807, 2.05) is 17.1 Å². The number of nitrogens with zero attached hydrogens (tertiary/aromatic N) is 2. The van der Waals surface area contributed by atoms with Gasteiger partial charge in [0, 0.05) is 44.0 Å². The second-order valence-electron chi connectivity index (χ2n) is 5.84. The van der Waals surface area contributed by atoms with Crippen LogP contribution >= 0.6 is 0 Å². The van der Waals surface area contributed by atoms with Gasteiger partial charge >= 0.3 is 6.09 Å². The Bertz CT molecular complexity index is 497. The Morgan fingerprint density at radius 1 is 1.23 bits per heavy atom. The quantitative estimate of drug-likeness (QED) is 0.929. The Kier molecular flexibility index (Phi) is 5.24. The Labute approximate surface area is 130 Å². The molecule has 0 aliphatic carbocycles. The van der Waals surface area contributed by atoms with Crippen LogP contribution in [0, 0.1) is 0 Å². The van der Waals surface area contributed by atoms with Gasteiger partial charge in [0.25, 0.3) is 0 Å². The molecule has 0 spiro atoms. The van der Waals surface area contributed by atoms with Crippen molar-refractivity contribution in [3.63, 3.8) is 0 Å². The second kappa shape index (κ2) is 7.56. The van der Waals surface area contributed by atoms with Gasteiger partial charge in [-0.2, -0.15) is 0 Å². The average Bonchev–Trinajstić information content (AvgIpc) is 2.57. The highest BCUT2D eigenvalue weighted by atomic mass is 16.6. The topological polar surface area (TPSA) is 63.7 Å². The van der Waals surface area contributed by atoms with Gasteiger partial charge in [-0.15, -0.1) is 0 Å². The van der Waals surface area contributed by atoms with E-state index in [2.05, 4.69) is 10.4 Å². The lowest BCUT2D eigenvalue weighted by molar-refractivity contribution is 0.0843. The van der Waals surface area contributed by atoms with E-state index in [0.717, 1.165) is 57.7 Å². The summed E-state index contributed by atoms with van der Waals surface area (Å²) in [6.07, 6.45) is 4.92. The van der Waals surface area contributed by atoms with Crippen LogP contribution in [0.2, 0.25) is 0 Å². The van der Waals surface area contributed by atoms with Gasteiger partial charge < -0.3 is 9.47 Å². The fraction of sp³-hybridized carbons (Fsp3) is 0.625. The van der Waals surface area contributed by atoms with Gasteiger partial charge in [0.05, 0.1) is 0 Å². The minimum Gasteiger partial charge on any atom is -0.390 e. The first-order valence-electron chi connectivity index (χ1n) is 8.09. The predicted molar refractivity (Wildman–Crippen MR) is 81.6 cm³/mol. The van der Waals surface area contributed by atoms with E-state index in [1.165, 1.54) is 6.42 Å². The minimum atomic E-state index is -0.460. The van der Waals surface area contributed by atoms with Gasteiger partial charge in [-0.05, 0) is 31.7 Å². The third-order valence-electron chi connectivity index (χ3n) is 4.19. The Balaban J connectivity index is 1.56. The van der Waals surface area contributed by atoms with Crippen LogP contribution < -0.4 is 10.2 Å². The molecular formula is C16H23N3O3. The highest BCUT2D eigenvalue weighted by Crippen LogP contribution is 2.26. The zero-order valence-corrected chi connectivity index (χ0v) is 12.8. The van der Waals surface area contributed by atoms with Crippen molar-refractivity contribution in [3.05, 3.63) is 23.9 Å². The smallest absolute Gasteiger partial charge is 0.390 e. The summed E-state index contributed by atoms with van der Waals surface area (Å²) in [5, 5.41) is 1.91. The van der Waals surface area contributed by atoms with Crippen LogP contribution in [-0.2, 0) is 4.74 Å². The van der Waals surface area contributed by atoms with Crippen LogP contribution in [0.15, 0.2) is 18.2 Å². The van der Waals surface area contributed by atoms with E-state index in [-0.39, 0.29) is 0 Å². The van der Waals surface area contributed by atoms with Crippen molar-refractivity contribution in [2.24, 2.45) is 0 Å². The number of hydrogen-bond acceptors (Lipinski definition) is 5. The normalized spacial score (nSPS) is 20.5. The molecule has 3 heterocycles. The molecule has 1 aromatic heterocycles. The monoisotopic (exact) mass is 305 g/mol. The average molecular weight is 305 g/mol. The number of ether oxygens (including phenoxy) is 2. The summed E-state index contributed by atoms with van der Waals surface area (Å²) >= 11 is 0. The molecule has 0 radical (unpaired) electrons. The molecule has 1 N–H and O–H groups in total. The lowest BCUT2D eigenvalue weighted by Gasteiger charge is -2.26. The predicted octanol–water partition coefficient (Wildman–Crippen LogP) is 2.46. The number of nitrogens with one attached hydrogen (secondary N) is 1. The van der Waals surface area contributed by atoms with Gasteiger partial charge in [-0.25, -0.2) is 14.8 Å². The lowest BCUT2D eigenvalue weighted by atomic mass is 9.96. The Morgan fingerprint density at radius 3 is 2.77 bits per heavy atom. The van der Waals surface area contributed by atoms with Gasteiger partial charge in [0.2, 0.25) is 5.88 Å². The van der Waals surface area contributed by atoms with Crippen molar-refractivity contribution in [1.82, 2.24) is 15.4 Å². The molecule has 0 bridgehead atoms.